The molecule has 0 amide bonds. The molecule has 2 N–H and O–H groups in total. The van der Waals surface area contributed by atoms with E-state index in [1.54, 1.807) is 0 Å². The molecule has 1 aliphatic rings. The van der Waals surface area contributed by atoms with Crippen LogP contribution in [-0.2, 0) is 0 Å². The normalized spacial score (nSPS) is 15.4. The highest BCUT2D eigenvalue weighted by Gasteiger charge is 2.29. The molecule has 0 spiro atoms. The fourth-order valence-electron chi connectivity index (χ4n) is 3.84. The maximum atomic E-state index is 5.81. The quantitative estimate of drug-likeness (QED) is 0.421. The molecule has 1 aromatic heterocycles. The molecule has 4 aromatic rings. The second-order valence-electron chi connectivity index (χ2n) is 6.84. The fraction of sp³-hybridized carbons (Fsp3) is 0.0417. The Hall–Kier alpha value is -3.37. The molecule has 0 radical (unpaired) electrons. The average Bonchev–Trinajstić information content (AvgIpc) is 3.17. The van der Waals surface area contributed by atoms with Crippen molar-refractivity contribution < 1.29 is 0 Å². The zero-order valence-electron chi connectivity index (χ0n) is 15.2. The third kappa shape index (κ3) is 2.88. The van der Waals surface area contributed by atoms with Gasteiger partial charge in [-0.1, -0.05) is 60.7 Å². The van der Waals surface area contributed by atoms with Crippen LogP contribution in [0.2, 0.25) is 0 Å². The van der Waals surface area contributed by atoms with Crippen LogP contribution in [0.25, 0.3) is 17.0 Å². The zero-order chi connectivity index (χ0) is 18.9. The first-order valence-corrected chi connectivity index (χ1v) is 9.69. The minimum atomic E-state index is 0.000984. The van der Waals surface area contributed by atoms with E-state index in [-0.39, 0.29) is 6.04 Å². The highest BCUT2D eigenvalue weighted by atomic mass is 32.1. The van der Waals surface area contributed by atoms with Gasteiger partial charge in [0.05, 0.1) is 6.04 Å². The fourth-order valence-corrected chi connectivity index (χ4v) is 4.12. The van der Waals surface area contributed by atoms with Crippen molar-refractivity contribution in [2.24, 2.45) is 0 Å². The van der Waals surface area contributed by atoms with Gasteiger partial charge in [0.15, 0.2) is 5.11 Å². The van der Waals surface area contributed by atoms with Gasteiger partial charge in [0.1, 0.15) is 0 Å². The van der Waals surface area contributed by atoms with Gasteiger partial charge in [0.2, 0.25) is 0 Å². The van der Waals surface area contributed by atoms with Gasteiger partial charge in [-0.25, -0.2) is 0 Å². The van der Waals surface area contributed by atoms with Crippen LogP contribution in [0.5, 0.6) is 0 Å². The Balaban J connectivity index is 1.61. The van der Waals surface area contributed by atoms with Crippen LogP contribution in [0.3, 0.4) is 0 Å². The van der Waals surface area contributed by atoms with Gasteiger partial charge >= 0.3 is 0 Å². The van der Waals surface area contributed by atoms with Gasteiger partial charge in [-0.15, -0.1) is 0 Å². The van der Waals surface area contributed by atoms with E-state index in [2.05, 4.69) is 82.2 Å². The monoisotopic (exact) mass is 381 g/mol. The number of aromatic amines is 1. The summed E-state index contributed by atoms with van der Waals surface area (Å²) in [6, 6.07) is 26.9. The third-order valence-electron chi connectivity index (χ3n) is 5.16. The van der Waals surface area contributed by atoms with Crippen molar-refractivity contribution in [2.75, 3.05) is 5.32 Å². The van der Waals surface area contributed by atoms with E-state index in [1.165, 1.54) is 22.1 Å². The second-order valence-corrected chi connectivity index (χ2v) is 7.23. The number of benzene rings is 3. The molecule has 28 heavy (non-hydrogen) atoms. The van der Waals surface area contributed by atoms with Crippen LogP contribution in [0.15, 0.2) is 91.3 Å². The molecule has 3 nitrogen and oxygen atoms in total. The molecular formula is C24H19N3S. The SMILES string of the molecule is S=C(Nc1ccccc1)N1C=Cc2ccccc2C1c1c[nH]c2ccccc12. The number of H-pyrrole nitrogens is 1. The van der Waals surface area contributed by atoms with Crippen LogP contribution < -0.4 is 5.32 Å². The third-order valence-corrected chi connectivity index (χ3v) is 5.47. The summed E-state index contributed by atoms with van der Waals surface area (Å²) in [7, 11) is 0. The van der Waals surface area contributed by atoms with E-state index in [9.17, 15) is 0 Å². The van der Waals surface area contributed by atoms with Crippen molar-refractivity contribution in [3.8, 4) is 0 Å². The van der Waals surface area contributed by atoms with Gasteiger partial charge in [0, 0.05) is 34.6 Å². The molecule has 1 atom stereocenters. The molecule has 0 bridgehead atoms. The zero-order valence-corrected chi connectivity index (χ0v) is 16.0. The van der Waals surface area contributed by atoms with Gasteiger partial charge in [-0.05, 0) is 47.6 Å². The summed E-state index contributed by atoms with van der Waals surface area (Å²) in [5, 5.41) is 5.26. The van der Waals surface area contributed by atoms with Gasteiger partial charge in [-0.2, -0.15) is 0 Å². The van der Waals surface area contributed by atoms with Crippen LogP contribution in [0.1, 0.15) is 22.7 Å². The van der Waals surface area contributed by atoms with Crippen LogP contribution in [0.4, 0.5) is 5.69 Å². The first-order valence-electron chi connectivity index (χ1n) is 9.29. The Kier molecular flexibility index (Phi) is 4.18. The minimum Gasteiger partial charge on any atom is -0.361 e. The molecule has 4 heteroatoms. The summed E-state index contributed by atoms with van der Waals surface area (Å²) in [5.74, 6) is 0. The lowest BCUT2D eigenvalue weighted by Crippen LogP contribution is -2.36. The van der Waals surface area contributed by atoms with E-state index in [0.29, 0.717) is 5.11 Å². The molecule has 3 aromatic carbocycles. The van der Waals surface area contributed by atoms with Gasteiger partial charge < -0.3 is 15.2 Å². The highest BCUT2D eigenvalue weighted by Crippen LogP contribution is 2.39. The lowest BCUT2D eigenvalue weighted by atomic mass is 9.91. The van der Waals surface area contributed by atoms with Crippen molar-refractivity contribution in [2.45, 2.75) is 6.04 Å². The number of anilines is 1. The van der Waals surface area contributed by atoms with Crippen LogP contribution in [-0.4, -0.2) is 15.0 Å². The summed E-state index contributed by atoms with van der Waals surface area (Å²) in [4.78, 5) is 5.55. The number of hydrogen-bond donors (Lipinski definition) is 2. The lowest BCUT2D eigenvalue weighted by molar-refractivity contribution is 0.476. The first-order chi connectivity index (χ1) is 13.8. The molecule has 0 fully saturated rings. The maximum absolute atomic E-state index is 5.81. The molecule has 1 aliphatic heterocycles. The standard InChI is InChI=1S/C24H19N3S/c28-24(26-18-9-2-1-3-10-18)27-15-14-17-8-4-5-11-19(17)23(27)21-16-25-22-13-7-6-12-20(21)22/h1-16,23,25H,(H,26,28). The van der Waals surface area contributed by atoms with E-state index in [0.717, 1.165) is 11.2 Å². The minimum absolute atomic E-state index is 0.000984. The first kappa shape index (κ1) is 16.8. The average molecular weight is 382 g/mol. The molecule has 136 valence electrons. The number of hydrogen-bond acceptors (Lipinski definition) is 1. The summed E-state index contributed by atoms with van der Waals surface area (Å²) < 4.78 is 0. The van der Waals surface area contributed by atoms with Gasteiger partial charge in [-0.3, -0.25) is 0 Å². The molecule has 0 aliphatic carbocycles. The number of fused-ring (bicyclic) bond motifs is 2. The molecule has 1 unspecified atom stereocenters. The molecule has 2 heterocycles. The maximum Gasteiger partial charge on any atom is 0.178 e. The van der Waals surface area contributed by atoms with Crippen molar-refractivity contribution in [1.29, 1.82) is 0 Å². The molecule has 0 saturated carbocycles. The van der Waals surface area contributed by atoms with Crippen molar-refractivity contribution in [3.05, 3.63) is 108 Å². The number of nitrogens with zero attached hydrogens (tertiary/aromatic N) is 1. The Bertz CT molecular complexity index is 1180. The van der Waals surface area contributed by atoms with E-state index >= 15 is 0 Å². The summed E-state index contributed by atoms with van der Waals surface area (Å²) in [6.45, 7) is 0. The Morgan fingerprint density at radius 1 is 0.857 bits per heavy atom. The van der Waals surface area contributed by atoms with E-state index in [4.69, 9.17) is 12.2 Å². The van der Waals surface area contributed by atoms with E-state index < -0.39 is 0 Å². The van der Waals surface area contributed by atoms with Crippen molar-refractivity contribution >= 4 is 40.0 Å². The number of para-hydroxylation sites is 2. The van der Waals surface area contributed by atoms with Crippen molar-refractivity contribution in [3.63, 3.8) is 0 Å². The van der Waals surface area contributed by atoms with Crippen LogP contribution >= 0.6 is 12.2 Å². The van der Waals surface area contributed by atoms with E-state index in [1.807, 2.05) is 30.3 Å². The highest BCUT2D eigenvalue weighted by molar-refractivity contribution is 7.80. The lowest BCUT2D eigenvalue weighted by Gasteiger charge is -2.35. The predicted octanol–water partition coefficient (Wildman–Crippen LogP) is 5.94. The van der Waals surface area contributed by atoms with Crippen molar-refractivity contribution in [1.82, 2.24) is 9.88 Å². The Morgan fingerprint density at radius 2 is 1.61 bits per heavy atom. The summed E-state index contributed by atoms with van der Waals surface area (Å²) in [5.41, 5.74) is 5.79. The smallest absolute Gasteiger partial charge is 0.178 e. The molecule has 0 saturated heterocycles. The largest absolute Gasteiger partial charge is 0.361 e. The van der Waals surface area contributed by atoms with Gasteiger partial charge in [0.25, 0.3) is 0 Å². The Morgan fingerprint density at radius 3 is 2.50 bits per heavy atom. The number of nitrogens with one attached hydrogen (secondary N) is 2. The molecular weight excluding hydrogens is 362 g/mol. The summed E-state index contributed by atoms with van der Waals surface area (Å²) in [6.07, 6.45) is 6.30. The number of thiocarbonyl (C=S) groups is 1. The Labute approximate surface area is 169 Å². The predicted molar refractivity (Wildman–Crippen MR) is 120 cm³/mol. The second kappa shape index (κ2) is 6.98. The van der Waals surface area contributed by atoms with Crippen LogP contribution in [0, 0.1) is 0 Å². The number of aromatic nitrogens is 1. The summed E-state index contributed by atoms with van der Waals surface area (Å²) >= 11 is 5.81. The number of rotatable bonds is 2. The molecule has 5 rings (SSSR count). The topological polar surface area (TPSA) is 31.1 Å².